The summed E-state index contributed by atoms with van der Waals surface area (Å²) in [6, 6.07) is 5.57. The molecule has 4 nitrogen and oxygen atoms in total. The molecule has 1 atom stereocenters. The minimum Gasteiger partial charge on any atom is -0.356 e. The molecular weight excluding hydrogens is 311 g/mol. The minimum absolute atomic E-state index is 0.0177. The molecule has 1 aliphatic rings. The maximum Gasteiger partial charge on any atom is 0.224 e. The Kier molecular flexibility index (Phi) is 5.88. The topological polar surface area (TPSA) is 58.2 Å². The number of aryl methyl sites for hydroxylation is 1. The fourth-order valence-electron chi connectivity index (χ4n) is 2.30. The van der Waals surface area contributed by atoms with Crippen molar-refractivity contribution in [3.8, 4) is 0 Å². The molecule has 6 heteroatoms. The van der Waals surface area contributed by atoms with Crippen molar-refractivity contribution in [1.82, 2.24) is 10.6 Å². The van der Waals surface area contributed by atoms with Gasteiger partial charge in [-0.2, -0.15) is 0 Å². The molecule has 0 radical (unpaired) electrons. The van der Waals surface area contributed by atoms with Crippen molar-refractivity contribution in [2.24, 2.45) is 5.92 Å². The average molecular weight is 329 g/mol. The average Bonchev–Trinajstić information content (AvgIpc) is 2.47. The van der Waals surface area contributed by atoms with Crippen LogP contribution in [0.4, 0.5) is 0 Å². The summed E-state index contributed by atoms with van der Waals surface area (Å²) in [5, 5.41) is 6.73. The van der Waals surface area contributed by atoms with Gasteiger partial charge >= 0.3 is 0 Å². The molecular formula is C15H18Cl2N2O2. The lowest BCUT2D eigenvalue weighted by atomic mass is 9.98. The number of carbonyl (C=O) groups excluding carboxylic acids is 2. The summed E-state index contributed by atoms with van der Waals surface area (Å²) in [4.78, 5) is 23.0. The van der Waals surface area contributed by atoms with E-state index >= 15 is 0 Å². The van der Waals surface area contributed by atoms with Gasteiger partial charge in [0, 0.05) is 19.5 Å². The Balaban J connectivity index is 1.68. The molecule has 0 bridgehead atoms. The van der Waals surface area contributed by atoms with Gasteiger partial charge in [0.05, 0.1) is 16.0 Å². The van der Waals surface area contributed by atoms with Crippen molar-refractivity contribution >= 4 is 35.0 Å². The Morgan fingerprint density at radius 1 is 1.33 bits per heavy atom. The number of hydrogen-bond donors (Lipinski definition) is 2. The van der Waals surface area contributed by atoms with Gasteiger partial charge in [-0.05, 0) is 37.0 Å². The van der Waals surface area contributed by atoms with Crippen molar-refractivity contribution in [1.29, 1.82) is 0 Å². The molecule has 2 amide bonds. The van der Waals surface area contributed by atoms with Crippen molar-refractivity contribution in [2.45, 2.75) is 25.7 Å². The van der Waals surface area contributed by atoms with Crippen LogP contribution < -0.4 is 10.6 Å². The van der Waals surface area contributed by atoms with E-state index in [1.807, 2.05) is 12.1 Å². The maximum atomic E-state index is 11.9. The first-order valence-electron chi connectivity index (χ1n) is 7.04. The summed E-state index contributed by atoms with van der Waals surface area (Å²) >= 11 is 11.8. The van der Waals surface area contributed by atoms with Crippen LogP contribution in [-0.4, -0.2) is 24.9 Å². The number of hydrogen-bond acceptors (Lipinski definition) is 2. The molecule has 2 rings (SSSR count). The van der Waals surface area contributed by atoms with Gasteiger partial charge in [0.2, 0.25) is 11.8 Å². The number of piperidine rings is 1. The van der Waals surface area contributed by atoms with Gasteiger partial charge in [-0.1, -0.05) is 29.3 Å². The minimum atomic E-state index is -0.104. The molecule has 21 heavy (non-hydrogen) atoms. The fourth-order valence-corrected chi connectivity index (χ4v) is 2.62. The SMILES string of the molecule is O=C1CC[C@@H](C(=O)NCCCc2ccc(Cl)c(Cl)c2)CN1. The van der Waals surface area contributed by atoms with Crippen molar-refractivity contribution in [2.75, 3.05) is 13.1 Å². The predicted molar refractivity (Wildman–Crippen MR) is 83.5 cm³/mol. The zero-order valence-corrected chi connectivity index (χ0v) is 13.1. The van der Waals surface area contributed by atoms with E-state index in [0.717, 1.165) is 18.4 Å². The molecule has 114 valence electrons. The zero-order chi connectivity index (χ0) is 15.2. The Morgan fingerprint density at radius 2 is 2.14 bits per heavy atom. The number of amides is 2. The third-order valence-corrected chi connectivity index (χ3v) is 4.30. The van der Waals surface area contributed by atoms with Crippen molar-refractivity contribution < 1.29 is 9.59 Å². The summed E-state index contributed by atoms with van der Waals surface area (Å²) in [5.74, 6) is -0.0597. The van der Waals surface area contributed by atoms with Crippen molar-refractivity contribution in [3.63, 3.8) is 0 Å². The predicted octanol–water partition coefficient (Wildman–Crippen LogP) is 2.57. The van der Waals surface area contributed by atoms with Crippen molar-refractivity contribution in [3.05, 3.63) is 33.8 Å². The molecule has 1 aliphatic heterocycles. The first-order chi connectivity index (χ1) is 10.1. The van der Waals surface area contributed by atoms with Gasteiger partial charge < -0.3 is 10.6 Å². The van der Waals surface area contributed by atoms with Crippen LogP contribution in [0.3, 0.4) is 0 Å². The second-order valence-electron chi connectivity index (χ2n) is 5.18. The van der Waals surface area contributed by atoms with E-state index in [-0.39, 0.29) is 17.7 Å². The largest absolute Gasteiger partial charge is 0.356 e. The molecule has 1 aromatic carbocycles. The summed E-state index contributed by atoms with van der Waals surface area (Å²) < 4.78 is 0. The second kappa shape index (κ2) is 7.66. The lowest BCUT2D eigenvalue weighted by Crippen LogP contribution is -2.43. The van der Waals surface area contributed by atoms with Crippen LogP contribution in [0.1, 0.15) is 24.8 Å². The van der Waals surface area contributed by atoms with Crippen LogP contribution >= 0.6 is 23.2 Å². The van der Waals surface area contributed by atoms with Gasteiger partial charge in [0.1, 0.15) is 0 Å². The molecule has 0 aliphatic carbocycles. The Hall–Kier alpha value is -1.26. The maximum absolute atomic E-state index is 11.9. The lowest BCUT2D eigenvalue weighted by Gasteiger charge is -2.21. The van der Waals surface area contributed by atoms with Crippen LogP contribution in [0, 0.1) is 5.92 Å². The number of benzene rings is 1. The van der Waals surface area contributed by atoms with Crippen LogP contribution in [0.15, 0.2) is 18.2 Å². The lowest BCUT2D eigenvalue weighted by molar-refractivity contribution is -0.128. The number of carbonyl (C=O) groups is 2. The monoisotopic (exact) mass is 328 g/mol. The molecule has 2 N–H and O–H groups in total. The summed E-state index contributed by atoms with van der Waals surface area (Å²) in [6.07, 6.45) is 2.73. The number of nitrogens with one attached hydrogen (secondary N) is 2. The molecule has 0 saturated carbocycles. The number of rotatable bonds is 5. The molecule has 0 unspecified atom stereocenters. The highest BCUT2D eigenvalue weighted by molar-refractivity contribution is 6.42. The van der Waals surface area contributed by atoms with Gasteiger partial charge in [-0.15, -0.1) is 0 Å². The Morgan fingerprint density at radius 3 is 2.81 bits per heavy atom. The summed E-state index contributed by atoms with van der Waals surface area (Å²) in [7, 11) is 0. The van der Waals surface area contributed by atoms with Crippen LogP contribution in [0.25, 0.3) is 0 Å². The fraction of sp³-hybridized carbons (Fsp3) is 0.467. The van der Waals surface area contributed by atoms with Gasteiger partial charge in [0.25, 0.3) is 0 Å². The van der Waals surface area contributed by atoms with Crippen LogP contribution in [0.2, 0.25) is 10.0 Å². The third kappa shape index (κ3) is 4.90. The highest BCUT2D eigenvalue weighted by Gasteiger charge is 2.23. The van der Waals surface area contributed by atoms with Gasteiger partial charge in [-0.25, -0.2) is 0 Å². The standard InChI is InChI=1S/C15H18Cl2N2O2/c16-12-5-3-10(8-13(12)17)2-1-7-18-15(21)11-4-6-14(20)19-9-11/h3,5,8,11H,1-2,4,6-7,9H2,(H,18,21)(H,19,20)/t11-/m1/s1. The zero-order valence-electron chi connectivity index (χ0n) is 11.6. The van der Waals surface area contributed by atoms with Gasteiger partial charge in [0.15, 0.2) is 0 Å². The van der Waals surface area contributed by atoms with Gasteiger partial charge in [-0.3, -0.25) is 9.59 Å². The Labute approximate surface area is 134 Å². The number of halogens is 2. The molecule has 1 fully saturated rings. The first-order valence-corrected chi connectivity index (χ1v) is 7.80. The van der Waals surface area contributed by atoms with Crippen LogP contribution in [-0.2, 0) is 16.0 Å². The van der Waals surface area contributed by atoms with E-state index in [2.05, 4.69) is 10.6 Å². The van der Waals surface area contributed by atoms with E-state index in [0.29, 0.717) is 36.0 Å². The highest BCUT2D eigenvalue weighted by Crippen LogP contribution is 2.23. The highest BCUT2D eigenvalue weighted by atomic mass is 35.5. The van der Waals surface area contributed by atoms with Crippen LogP contribution in [0.5, 0.6) is 0 Å². The second-order valence-corrected chi connectivity index (χ2v) is 6.00. The molecule has 1 heterocycles. The van der Waals surface area contributed by atoms with E-state index in [1.54, 1.807) is 6.07 Å². The molecule has 0 aromatic heterocycles. The summed E-state index contributed by atoms with van der Waals surface area (Å²) in [5.41, 5.74) is 1.10. The van der Waals surface area contributed by atoms with E-state index in [1.165, 1.54) is 0 Å². The molecule has 1 aromatic rings. The smallest absolute Gasteiger partial charge is 0.224 e. The summed E-state index contributed by atoms with van der Waals surface area (Å²) in [6.45, 7) is 1.06. The molecule has 1 saturated heterocycles. The first kappa shape index (κ1) is 16.1. The normalized spacial score (nSPS) is 18.2. The van der Waals surface area contributed by atoms with E-state index in [9.17, 15) is 9.59 Å². The third-order valence-electron chi connectivity index (χ3n) is 3.56. The Bertz CT molecular complexity index is 524. The van der Waals surface area contributed by atoms with E-state index < -0.39 is 0 Å². The van der Waals surface area contributed by atoms with E-state index in [4.69, 9.17) is 23.2 Å². The molecule has 0 spiro atoms. The quantitative estimate of drug-likeness (QED) is 0.816.